The number of carboxylic acid groups (broad SMARTS) is 1. The smallest absolute Gasteiger partial charge is 0.312 e. The molecule has 1 aromatic heterocycles. The van der Waals surface area contributed by atoms with E-state index in [9.17, 15) is 14.7 Å². The minimum atomic E-state index is -0.985. The lowest BCUT2D eigenvalue weighted by Crippen LogP contribution is -2.32. The molecule has 0 saturated carbocycles. The summed E-state index contributed by atoms with van der Waals surface area (Å²) in [5.74, 6) is -2.19. The van der Waals surface area contributed by atoms with Crippen molar-refractivity contribution in [2.24, 2.45) is 0 Å². The summed E-state index contributed by atoms with van der Waals surface area (Å²) in [6.45, 7) is -0.00359. The maximum Gasteiger partial charge on any atom is 0.312 e. The molecule has 25 heavy (non-hydrogen) atoms. The van der Waals surface area contributed by atoms with E-state index >= 15 is 0 Å². The summed E-state index contributed by atoms with van der Waals surface area (Å²) in [5, 5.41) is 16.3. The van der Waals surface area contributed by atoms with E-state index in [4.69, 9.17) is 0 Å². The Morgan fingerprint density at radius 1 is 1.00 bits per heavy atom. The van der Waals surface area contributed by atoms with Crippen molar-refractivity contribution in [3.63, 3.8) is 0 Å². The second-order valence-electron chi connectivity index (χ2n) is 5.49. The number of aromatic nitrogens is 2. The van der Waals surface area contributed by atoms with Crippen LogP contribution >= 0.6 is 0 Å². The Morgan fingerprint density at radius 3 is 2.28 bits per heavy atom. The third-order valence-corrected chi connectivity index (χ3v) is 3.81. The molecular weight excluding hydrogens is 318 g/mol. The van der Waals surface area contributed by atoms with Crippen molar-refractivity contribution in [1.29, 1.82) is 0 Å². The molecule has 1 heterocycles. The molecule has 1 amide bonds. The van der Waals surface area contributed by atoms with Crippen LogP contribution in [0.2, 0.25) is 0 Å². The van der Waals surface area contributed by atoms with Crippen LogP contribution in [0.15, 0.2) is 72.9 Å². The van der Waals surface area contributed by atoms with Crippen LogP contribution in [0.25, 0.3) is 5.69 Å². The Kier molecular flexibility index (Phi) is 4.89. The van der Waals surface area contributed by atoms with Crippen molar-refractivity contribution in [2.45, 2.75) is 5.92 Å². The van der Waals surface area contributed by atoms with Gasteiger partial charge in [0.25, 0.3) is 5.91 Å². The predicted molar refractivity (Wildman–Crippen MR) is 92.7 cm³/mol. The topological polar surface area (TPSA) is 84.2 Å². The van der Waals surface area contributed by atoms with E-state index in [2.05, 4.69) is 10.4 Å². The number of rotatable bonds is 6. The molecule has 6 nitrogen and oxygen atoms in total. The number of nitrogens with one attached hydrogen (secondary N) is 1. The summed E-state index contributed by atoms with van der Waals surface area (Å²) in [7, 11) is 0. The third-order valence-electron chi connectivity index (χ3n) is 3.81. The summed E-state index contributed by atoms with van der Waals surface area (Å²) in [4.78, 5) is 23.7. The number of carbonyl (C=O) groups excluding carboxylic acids is 1. The highest BCUT2D eigenvalue weighted by Gasteiger charge is 2.21. The maximum absolute atomic E-state index is 12.3. The number of hydrogen-bond donors (Lipinski definition) is 2. The number of nitrogens with zero attached hydrogens (tertiary/aromatic N) is 2. The van der Waals surface area contributed by atoms with Crippen molar-refractivity contribution in [2.75, 3.05) is 6.54 Å². The van der Waals surface area contributed by atoms with Crippen LogP contribution < -0.4 is 5.32 Å². The van der Waals surface area contributed by atoms with Crippen molar-refractivity contribution in [3.05, 3.63) is 84.2 Å². The van der Waals surface area contributed by atoms with Gasteiger partial charge in [-0.3, -0.25) is 9.59 Å². The molecule has 0 bridgehead atoms. The van der Waals surface area contributed by atoms with Crippen LogP contribution in [-0.4, -0.2) is 33.3 Å². The fourth-order valence-electron chi connectivity index (χ4n) is 2.49. The summed E-state index contributed by atoms with van der Waals surface area (Å²) >= 11 is 0. The largest absolute Gasteiger partial charge is 0.481 e. The number of carboxylic acids is 1. The monoisotopic (exact) mass is 335 g/mol. The molecule has 0 aliphatic heterocycles. The fraction of sp³-hybridized carbons (Fsp3) is 0.105. The molecule has 126 valence electrons. The SMILES string of the molecule is O=C(NC[C@@H](C(=O)O)c1ccccc1)c1ccn(-c2ccccc2)n1. The Balaban J connectivity index is 1.68. The maximum atomic E-state index is 12.3. The molecule has 2 aromatic carbocycles. The second-order valence-corrected chi connectivity index (χ2v) is 5.49. The minimum absolute atomic E-state index is 0.00359. The van der Waals surface area contributed by atoms with Gasteiger partial charge in [0.1, 0.15) is 0 Å². The molecule has 3 aromatic rings. The average Bonchev–Trinajstić information content (AvgIpc) is 3.13. The zero-order valence-electron chi connectivity index (χ0n) is 13.4. The van der Waals surface area contributed by atoms with Gasteiger partial charge >= 0.3 is 5.97 Å². The molecule has 0 unspecified atom stereocenters. The number of carbonyl (C=O) groups is 2. The van der Waals surface area contributed by atoms with Crippen LogP contribution in [0.3, 0.4) is 0 Å². The first kappa shape index (κ1) is 16.4. The van der Waals surface area contributed by atoms with Gasteiger partial charge in [0, 0.05) is 12.7 Å². The first-order valence-corrected chi connectivity index (χ1v) is 7.82. The lowest BCUT2D eigenvalue weighted by molar-refractivity contribution is -0.138. The van der Waals surface area contributed by atoms with E-state index < -0.39 is 17.8 Å². The number of hydrogen-bond acceptors (Lipinski definition) is 3. The van der Waals surface area contributed by atoms with Crippen LogP contribution in [0.4, 0.5) is 0 Å². The van der Waals surface area contributed by atoms with Gasteiger partial charge in [-0.1, -0.05) is 48.5 Å². The first-order valence-electron chi connectivity index (χ1n) is 7.82. The standard InChI is InChI=1S/C19H17N3O3/c23-18(17-11-12-22(21-17)15-9-5-2-6-10-15)20-13-16(19(24)25)14-7-3-1-4-8-14/h1-12,16H,13H2,(H,20,23)(H,24,25)/t16-/m1/s1. The van der Waals surface area contributed by atoms with Crippen LogP contribution in [0, 0.1) is 0 Å². The van der Waals surface area contributed by atoms with Gasteiger partial charge in [0.15, 0.2) is 5.69 Å². The van der Waals surface area contributed by atoms with E-state index in [-0.39, 0.29) is 12.2 Å². The van der Waals surface area contributed by atoms with Crippen LogP contribution in [0.5, 0.6) is 0 Å². The molecule has 1 atom stereocenters. The predicted octanol–water partition coefficient (Wildman–Crippen LogP) is 2.47. The number of para-hydroxylation sites is 1. The lowest BCUT2D eigenvalue weighted by atomic mass is 9.99. The van der Waals surface area contributed by atoms with E-state index in [1.54, 1.807) is 41.2 Å². The van der Waals surface area contributed by atoms with Crippen LogP contribution in [0.1, 0.15) is 22.0 Å². The zero-order chi connectivity index (χ0) is 17.6. The van der Waals surface area contributed by atoms with Gasteiger partial charge in [0.2, 0.25) is 0 Å². The van der Waals surface area contributed by atoms with Gasteiger partial charge in [-0.25, -0.2) is 4.68 Å². The highest BCUT2D eigenvalue weighted by atomic mass is 16.4. The Labute approximate surface area is 144 Å². The molecule has 0 spiro atoms. The minimum Gasteiger partial charge on any atom is -0.481 e. The van der Waals surface area contributed by atoms with Crippen LogP contribution in [-0.2, 0) is 4.79 Å². The fourth-order valence-corrected chi connectivity index (χ4v) is 2.49. The Morgan fingerprint density at radius 2 is 1.64 bits per heavy atom. The van der Waals surface area contributed by atoms with Gasteiger partial charge in [-0.05, 0) is 23.8 Å². The average molecular weight is 335 g/mol. The van der Waals surface area contributed by atoms with Gasteiger partial charge in [0.05, 0.1) is 11.6 Å². The summed E-state index contributed by atoms with van der Waals surface area (Å²) in [5.41, 5.74) is 1.72. The molecule has 0 fully saturated rings. The summed E-state index contributed by atoms with van der Waals surface area (Å²) < 4.78 is 1.60. The first-order chi connectivity index (χ1) is 12.1. The summed E-state index contributed by atoms with van der Waals surface area (Å²) in [6, 6.07) is 19.8. The molecular formula is C19H17N3O3. The molecule has 0 aliphatic carbocycles. The molecule has 3 rings (SSSR count). The van der Waals surface area contributed by atoms with Crippen molar-refractivity contribution >= 4 is 11.9 Å². The van der Waals surface area contributed by atoms with E-state index in [0.717, 1.165) is 5.69 Å². The third kappa shape index (κ3) is 3.92. The van der Waals surface area contributed by atoms with E-state index in [0.29, 0.717) is 5.56 Å². The number of benzene rings is 2. The highest BCUT2D eigenvalue weighted by Crippen LogP contribution is 2.15. The van der Waals surface area contributed by atoms with Crippen molar-refractivity contribution in [3.8, 4) is 5.69 Å². The van der Waals surface area contributed by atoms with Gasteiger partial charge < -0.3 is 10.4 Å². The highest BCUT2D eigenvalue weighted by molar-refractivity contribution is 5.92. The Hall–Kier alpha value is -3.41. The molecule has 0 saturated heterocycles. The Bertz CT molecular complexity index is 860. The van der Waals surface area contributed by atoms with E-state index in [1.165, 1.54) is 0 Å². The van der Waals surface area contributed by atoms with E-state index in [1.807, 2.05) is 36.4 Å². The quantitative estimate of drug-likeness (QED) is 0.725. The molecule has 2 N–H and O–H groups in total. The zero-order valence-corrected chi connectivity index (χ0v) is 13.4. The van der Waals surface area contributed by atoms with Crippen molar-refractivity contribution in [1.82, 2.24) is 15.1 Å². The summed E-state index contributed by atoms with van der Waals surface area (Å²) in [6.07, 6.45) is 1.69. The number of amides is 1. The number of aliphatic carboxylic acids is 1. The van der Waals surface area contributed by atoms with Gasteiger partial charge in [-0.15, -0.1) is 0 Å². The lowest BCUT2D eigenvalue weighted by Gasteiger charge is -2.13. The van der Waals surface area contributed by atoms with Crippen molar-refractivity contribution < 1.29 is 14.7 Å². The van der Waals surface area contributed by atoms with Gasteiger partial charge in [-0.2, -0.15) is 5.10 Å². The molecule has 0 radical (unpaired) electrons. The molecule has 0 aliphatic rings. The second kappa shape index (κ2) is 7.44. The normalized spacial score (nSPS) is 11.7. The molecule has 6 heteroatoms.